The molecule has 13 heavy (non-hydrogen) atoms. The van der Waals surface area contributed by atoms with Crippen molar-refractivity contribution in [2.24, 2.45) is 0 Å². The van der Waals surface area contributed by atoms with Crippen molar-refractivity contribution < 1.29 is 0 Å². The molecule has 1 aliphatic carbocycles. The van der Waals surface area contributed by atoms with Gasteiger partial charge < -0.3 is 0 Å². The van der Waals surface area contributed by atoms with Gasteiger partial charge in [-0.1, -0.05) is 35.9 Å². The number of fused-ring (bicyclic) bond motifs is 1. The van der Waals surface area contributed by atoms with Crippen LogP contribution >= 0.6 is 0 Å². The Labute approximate surface area is 79.6 Å². The van der Waals surface area contributed by atoms with Gasteiger partial charge in [-0.2, -0.15) is 0 Å². The maximum Gasteiger partial charge on any atom is -0.0109 e. The highest BCUT2D eigenvalue weighted by Crippen LogP contribution is 2.36. The number of benzene rings is 1. The van der Waals surface area contributed by atoms with Crippen molar-refractivity contribution in [2.75, 3.05) is 0 Å². The highest BCUT2D eigenvalue weighted by Gasteiger charge is 2.14. The molecule has 0 aromatic heterocycles. The third kappa shape index (κ3) is 1.23. The minimum atomic E-state index is 1.38. The summed E-state index contributed by atoms with van der Waals surface area (Å²) in [5.74, 6) is 0. The molecule has 0 amide bonds. The molecule has 0 unspecified atom stereocenters. The summed E-state index contributed by atoms with van der Waals surface area (Å²) in [6.07, 6.45) is 2.28. The second-order valence-electron chi connectivity index (χ2n) is 3.79. The van der Waals surface area contributed by atoms with Crippen LogP contribution in [0.15, 0.2) is 35.9 Å². The zero-order valence-electron chi connectivity index (χ0n) is 8.39. The molecule has 0 bridgehead atoms. The van der Waals surface area contributed by atoms with Crippen molar-refractivity contribution in [2.45, 2.75) is 20.8 Å². The predicted octanol–water partition coefficient (Wildman–Crippen LogP) is 3.90. The molecule has 0 radical (unpaired) electrons. The van der Waals surface area contributed by atoms with Crippen molar-refractivity contribution in [1.82, 2.24) is 0 Å². The molecule has 1 aliphatic rings. The molecule has 0 heteroatoms. The van der Waals surface area contributed by atoms with Crippen molar-refractivity contribution >= 4 is 11.1 Å². The number of allylic oxidation sites excluding steroid dienone is 4. The van der Waals surface area contributed by atoms with Gasteiger partial charge in [0.25, 0.3) is 0 Å². The summed E-state index contributed by atoms with van der Waals surface area (Å²) < 4.78 is 0. The molecule has 66 valence electrons. The van der Waals surface area contributed by atoms with Crippen LogP contribution in [-0.4, -0.2) is 0 Å². The van der Waals surface area contributed by atoms with Gasteiger partial charge >= 0.3 is 0 Å². The molecule has 0 aliphatic heterocycles. The standard InChI is InChI=1S/C13H14/c1-9(2)13-8-10(3)11-6-4-5-7-12(11)13/h4-8H,1-3H3. The maximum absolute atomic E-state index is 2.28. The van der Waals surface area contributed by atoms with Crippen molar-refractivity contribution in [3.8, 4) is 0 Å². The predicted molar refractivity (Wildman–Crippen MR) is 58.4 cm³/mol. The topological polar surface area (TPSA) is 0 Å². The van der Waals surface area contributed by atoms with E-state index >= 15 is 0 Å². The first-order valence-corrected chi connectivity index (χ1v) is 4.65. The summed E-state index contributed by atoms with van der Waals surface area (Å²) in [6, 6.07) is 8.60. The van der Waals surface area contributed by atoms with Gasteiger partial charge in [-0.25, -0.2) is 0 Å². The third-order valence-electron chi connectivity index (χ3n) is 2.54. The molecule has 0 nitrogen and oxygen atoms in total. The lowest BCUT2D eigenvalue weighted by atomic mass is 10.0. The fraction of sp³-hybridized carbons (Fsp3) is 0.231. The average Bonchev–Trinajstić information content (AvgIpc) is 2.45. The second kappa shape index (κ2) is 2.88. The summed E-state index contributed by atoms with van der Waals surface area (Å²) in [6.45, 7) is 6.51. The van der Waals surface area contributed by atoms with E-state index in [0.717, 1.165) is 0 Å². The van der Waals surface area contributed by atoms with Gasteiger partial charge in [0.05, 0.1) is 0 Å². The number of hydrogen-bond donors (Lipinski definition) is 0. The largest absolute Gasteiger partial charge is 0.0686 e. The Morgan fingerprint density at radius 2 is 1.62 bits per heavy atom. The van der Waals surface area contributed by atoms with E-state index < -0.39 is 0 Å². The molecule has 0 saturated carbocycles. The van der Waals surface area contributed by atoms with Gasteiger partial charge in [-0.3, -0.25) is 0 Å². The average molecular weight is 170 g/mol. The van der Waals surface area contributed by atoms with Gasteiger partial charge in [0.1, 0.15) is 0 Å². The van der Waals surface area contributed by atoms with Gasteiger partial charge in [-0.05, 0) is 43.0 Å². The van der Waals surface area contributed by atoms with Crippen molar-refractivity contribution in [3.63, 3.8) is 0 Å². The Hall–Kier alpha value is -1.30. The zero-order chi connectivity index (χ0) is 9.42. The fourth-order valence-corrected chi connectivity index (χ4v) is 1.85. The highest BCUT2D eigenvalue weighted by molar-refractivity contribution is 5.95. The lowest BCUT2D eigenvalue weighted by Gasteiger charge is -2.02. The van der Waals surface area contributed by atoms with E-state index in [1.165, 1.54) is 27.8 Å². The summed E-state index contributed by atoms with van der Waals surface area (Å²) >= 11 is 0. The molecule has 1 aromatic carbocycles. The van der Waals surface area contributed by atoms with E-state index in [2.05, 4.69) is 51.1 Å². The van der Waals surface area contributed by atoms with Crippen LogP contribution in [0.25, 0.3) is 11.1 Å². The third-order valence-corrected chi connectivity index (χ3v) is 2.54. The minimum Gasteiger partial charge on any atom is -0.0686 e. The van der Waals surface area contributed by atoms with Crippen LogP contribution in [0.5, 0.6) is 0 Å². The van der Waals surface area contributed by atoms with Crippen LogP contribution in [0, 0.1) is 0 Å². The maximum atomic E-state index is 2.28. The monoisotopic (exact) mass is 170 g/mol. The van der Waals surface area contributed by atoms with Gasteiger partial charge in [0.15, 0.2) is 0 Å². The lowest BCUT2D eigenvalue weighted by molar-refractivity contribution is 1.40. The van der Waals surface area contributed by atoms with Crippen molar-refractivity contribution in [1.29, 1.82) is 0 Å². The minimum absolute atomic E-state index is 1.38. The summed E-state index contributed by atoms with van der Waals surface area (Å²) in [7, 11) is 0. The van der Waals surface area contributed by atoms with E-state index in [9.17, 15) is 0 Å². The number of hydrogen-bond acceptors (Lipinski definition) is 0. The normalized spacial score (nSPS) is 14.1. The van der Waals surface area contributed by atoms with Crippen LogP contribution in [0.1, 0.15) is 31.9 Å². The summed E-state index contributed by atoms with van der Waals surface area (Å²) in [5.41, 5.74) is 6.95. The molecule has 0 spiro atoms. The van der Waals surface area contributed by atoms with Crippen LogP contribution in [0.3, 0.4) is 0 Å². The SMILES string of the molecule is CC1=CC(=C(C)C)c2ccccc21. The van der Waals surface area contributed by atoms with Gasteiger partial charge in [0, 0.05) is 0 Å². The molecule has 0 N–H and O–H groups in total. The zero-order valence-corrected chi connectivity index (χ0v) is 8.39. The Morgan fingerprint density at radius 1 is 1.00 bits per heavy atom. The van der Waals surface area contributed by atoms with E-state index in [0.29, 0.717) is 0 Å². The summed E-state index contributed by atoms with van der Waals surface area (Å²) in [4.78, 5) is 0. The highest BCUT2D eigenvalue weighted by atomic mass is 14.2. The quantitative estimate of drug-likeness (QED) is 0.554. The van der Waals surface area contributed by atoms with Crippen LogP contribution < -0.4 is 0 Å². The van der Waals surface area contributed by atoms with Gasteiger partial charge in [0.2, 0.25) is 0 Å². The Balaban J connectivity index is 2.70. The molecule has 1 aromatic rings. The van der Waals surface area contributed by atoms with E-state index in [4.69, 9.17) is 0 Å². The molecule has 0 atom stereocenters. The molecule has 0 fully saturated rings. The van der Waals surface area contributed by atoms with E-state index in [1.54, 1.807) is 0 Å². The smallest absolute Gasteiger partial charge is 0.0109 e. The molecule has 0 heterocycles. The lowest BCUT2D eigenvalue weighted by Crippen LogP contribution is -1.82. The Bertz CT molecular complexity index is 402. The van der Waals surface area contributed by atoms with Gasteiger partial charge in [-0.15, -0.1) is 0 Å². The Morgan fingerprint density at radius 3 is 2.23 bits per heavy atom. The molecule has 0 saturated heterocycles. The first-order valence-electron chi connectivity index (χ1n) is 4.65. The molecular weight excluding hydrogens is 156 g/mol. The van der Waals surface area contributed by atoms with E-state index in [-0.39, 0.29) is 0 Å². The van der Waals surface area contributed by atoms with Crippen LogP contribution in [-0.2, 0) is 0 Å². The molecular formula is C13H14. The van der Waals surface area contributed by atoms with Crippen LogP contribution in [0.4, 0.5) is 0 Å². The summed E-state index contributed by atoms with van der Waals surface area (Å²) in [5, 5.41) is 0. The number of rotatable bonds is 0. The Kier molecular flexibility index (Phi) is 1.84. The fourth-order valence-electron chi connectivity index (χ4n) is 1.85. The van der Waals surface area contributed by atoms with Crippen LogP contribution in [0.2, 0.25) is 0 Å². The van der Waals surface area contributed by atoms with Crippen molar-refractivity contribution in [3.05, 3.63) is 47.0 Å². The first-order chi connectivity index (χ1) is 6.20. The first kappa shape index (κ1) is 8.31. The van der Waals surface area contributed by atoms with E-state index in [1.807, 2.05) is 0 Å². The molecule has 2 rings (SSSR count). The second-order valence-corrected chi connectivity index (χ2v) is 3.79.